The summed E-state index contributed by atoms with van der Waals surface area (Å²) in [5, 5.41) is 0.839. The lowest BCUT2D eigenvalue weighted by Gasteiger charge is -2.10. The minimum Gasteiger partial charge on any atom is -0.361 e. The monoisotopic (exact) mass is 249 g/mol. The van der Waals surface area contributed by atoms with Crippen LogP contribution in [-0.2, 0) is 4.79 Å². The molecule has 2 aromatic rings. The van der Waals surface area contributed by atoms with Crippen LogP contribution >= 0.6 is 11.6 Å². The summed E-state index contributed by atoms with van der Waals surface area (Å²) in [4.78, 5) is 14.7. The number of carbonyl (C=O) groups is 1. The lowest BCUT2D eigenvalue weighted by molar-refractivity contribution is -0.113. The van der Waals surface area contributed by atoms with Gasteiger partial charge in [0.1, 0.15) is 0 Å². The maximum atomic E-state index is 11.5. The van der Waals surface area contributed by atoms with Crippen molar-refractivity contribution >= 4 is 27.7 Å². The minimum atomic E-state index is -0.261. The summed E-state index contributed by atoms with van der Waals surface area (Å²) in [5.74, 6) is -0.187. The van der Waals surface area contributed by atoms with Crippen LogP contribution in [0.1, 0.15) is 37.7 Å². The molecule has 0 spiro atoms. The number of nitrogens with one attached hydrogen (secondary N) is 1. The number of aromatic amines is 1. The van der Waals surface area contributed by atoms with E-state index in [4.69, 9.17) is 11.6 Å². The molecule has 0 aliphatic heterocycles. The summed E-state index contributed by atoms with van der Waals surface area (Å²) in [6, 6.07) is 8.00. The second-order valence-corrected chi connectivity index (χ2v) is 4.66. The van der Waals surface area contributed by atoms with E-state index >= 15 is 0 Å². The molecule has 0 saturated heterocycles. The number of para-hydroxylation sites is 1. The van der Waals surface area contributed by atoms with E-state index in [9.17, 15) is 4.79 Å². The molecule has 1 heterocycles. The molecule has 2 rings (SSSR count). The van der Waals surface area contributed by atoms with Crippen LogP contribution in [0.3, 0.4) is 0 Å². The van der Waals surface area contributed by atoms with Gasteiger partial charge < -0.3 is 4.98 Å². The first-order valence-corrected chi connectivity index (χ1v) is 6.37. The summed E-state index contributed by atoms with van der Waals surface area (Å²) in [7, 11) is 0. The Bertz CT molecular complexity index is 518. The Morgan fingerprint density at radius 2 is 2.18 bits per heavy atom. The molecule has 0 saturated carbocycles. The van der Waals surface area contributed by atoms with Gasteiger partial charge in [-0.3, -0.25) is 4.79 Å². The van der Waals surface area contributed by atoms with Gasteiger partial charge in [0.2, 0.25) is 5.24 Å². The number of rotatable bonds is 5. The number of carbonyl (C=O) groups excluding carboxylic acids is 1. The zero-order valence-corrected chi connectivity index (χ0v) is 10.6. The molecule has 0 radical (unpaired) electrons. The molecule has 1 aromatic heterocycles. The lowest BCUT2D eigenvalue weighted by Crippen LogP contribution is -2.06. The fourth-order valence-electron chi connectivity index (χ4n) is 2.18. The number of hydrogen-bond donors (Lipinski definition) is 1. The predicted molar refractivity (Wildman–Crippen MR) is 71.4 cm³/mol. The van der Waals surface area contributed by atoms with E-state index in [1.54, 1.807) is 0 Å². The zero-order chi connectivity index (χ0) is 12.3. The van der Waals surface area contributed by atoms with Crippen LogP contribution < -0.4 is 0 Å². The predicted octanol–water partition coefficient (Wildman–Crippen LogP) is 4.21. The van der Waals surface area contributed by atoms with Gasteiger partial charge in [-0.2, -0.15) is 0 Å². The molecule has 1 unspecified atom stereocenters. The van der Waals surface area contributed by atoms with E-state index in [0.717, 1.165) is 35.7 Å². The van der Waals surface area contributed by atoms with E-state index < -0.39 is 0 Å². The minimum absolute atomic E-state index is 0.187. The standard InChI is InChI=1S/C14H16ClNO/c1-2-3-6-11(14(15)17)12-9-16-13-8-5-4-7-10(12)13/h4-5,7-9,11,16H,2-3,6H2,1H3. The Kier molecular flexibility index (Phi) is 3.85. The summed E-state index contributed by atoms with van der Waals surface area (Å²) in [6.07, 6.45) is 4.82. The van der Waals surface area contributed by atoms with Crippen LogP contribution in [0.15, 0.2) is 30.5 Å². The van der Waals surface area contributed by atoms with Crippen molar-refractivity contribution in [2.75, 3.05) is 0 Å². The van der Waals surface area contributed by atoms with Gasteiger partial charge in [0, 0.05) is 17.1 Å². The zero-order valence-electron chi connectivity index (χ0n) is 9.87. The third-order valence-electron chi connectivity index (χ3n) is 3.12. The van der Waals surface area contributed by atoms with Crippen LogP contribution in [0.2, 0.25) is 0 Å². The van der Waals surface area contributed by atoms with Crippen LogP contribution in [0.4, 0.5) is 0 Å². The Morgan fingerprint density at radius 1 is 1.41 bits per heavy atom. The van der Waals surface area contributed by atoms with Crippen molar-refractivity contribution in [2.24, 2.45) is 0 Å². The SMILES string of the molecule is CCCCC(C(=O)Cl)c1c[nH]c2ccccc12. The van der Waals surface area contributed by atoms with Crippen molar-refractivity contribution < 1.29 is 4.79 Å². The van der Waals surface area contributed by atoms with Crippen LogP contribution in [0.25, 0.3) is 10.9 Å². The van der Waals surface area contributed by atoms with Crippen molar-refractivity contribution in [1.82, 2.24) is 4.98 Å². The molecule has 1 aromatic carbocycles. The van der Waals surface area contributed by atoms with Gasteiger partial charge in [0.15, 0.2) is 0 Å². The highest BCUT2D eigenvalue weighted by molar-refractivity contribution is 6.64. The van der Waals surface area contributed by atoms with E-state index in [-0.39, 0.29) is 11.2 Å². The maximum Gasteiger partial charge on any atom is 0.229 e. The molecule has 0 aliphatic rings. The number of aromatic nitrogens is 1. The van der Waals surface area contributed by atoms with Gasteiger partial charge in [-0.05, 0) is 29.7 Å². The fourth-order valence-corrected chi connectivity index (χ4v) is 2.41. The molecule has 0 aliphatic carbocycles. The normalized spacial score (nSPS) is 12.8. The molecular formula is C14H16ClNO. The number of hydrogen-bond acceptors (Lipinski definition) is 1. The molecule has 1 N–H and O–H groups in total. The van der Waals surface area contributed by atoms with Crippen LogP contribution in [-0.4, -0.2) is 10.2 Å². The molecule has 3 heteroatoms. The van der Waals surface area contributed by atoms with E-state index in [2.05, 4.69) is 11.9 Å². The quantitative estimate of drug-likeness (QED) is 0.792. The van der Waals surface area contributed by atoms with Crippen molar-refractivity contribution in [3.63, 3.8) is 0 Å². The first kappa shape index (κ1) is 12.2. The summed E-state index contributed by atoms with van der Waals surface area (Å²) in [6.45, 7) is 2.12. The summed E-state index contributed by atoms with van der Waals surface area (Å²) in [5.41, 5.74) is 2.08. The van der Waals surface area contributed by atoms with Gasteiger partial charge in [-0.25, -0.2) is 0 Å². The molecule has 1 atom stereocenters. The first-order valence-electron chi connectivity index (χ1n) is 5.99. The largest absolute Gasteiger partial charge is 0.361 e. The average Bonchev–Trinajstić information content (AvgIpc) is 2.73. The topological polar surface area (TPSA) is 32.9 Å². The van der Waals surface area contributed by atoms with Crippen molar-refractivity contribution in [2.45, 2.75) is 32.1 Å². The second-order valence-electron chi connectivity index (χ2n) is 4.29. The van der Waals surface area contributed by atoms with Gasteiger partial charge >= 0.3 is 0 Å². The number of fused-ring (bicyclic) bond motifs is 1. The number of unbranched alkanes of at least 4 members (excludes halogenated alkanes) is 1. The van der Waals surface area contributed by atoms with Gasteiger partial charge in [-0.15, -0.1) is 0 Å². The number of benzene rings is 1. The first-order chi connectivity index (χ1) is 8.24. The molecule has 17 heavy (non-hydrogen) atoms. The van der Waals surface area contributed by atoms with Gasteiger partial charge in [0.25, 0.3) is 0 Å². The van der Waals surface area contributed by atoms with Gasteiger partial charge in [-0.1, -0.05) is 38.0 Å². The third kappa shape index (κ3) is 2.52. The fraction of sp³-hybridized carbons (Fsp3) is 0.357. The molecule has 2 nitrogen and oxygen atoms in total. The Labute approximate surface area is 106 Å². The number of H-pyrrole nitrogens is 1. The van der Waals surface area contributed by atoms with Crippen molar-refractivity contribution in [3.05, 3.63) is 36.0 Å². The lowest BCUT2D eigenvalue weighted by atomic mass is 9.94. The molecule has 0 fully saturated rings. The van der Waals surface area contributed by atoms with E-state index in [0.29, 0.717) is 0 Å². The highest BCUT2D eigenvalue weighted by Gasteiger charge is 2.21. The van der Waals surface area contributed by atoms with E-state index in [1.807, 2.05) is 30.5 Å². The summed E-state index contributed by atoms with van der Waals surface area (Å²) < 4.78 is 0. The Balaban J connectivity index is 2.38. The Morgan fingerprint density at radius 3 is 2.88 bits per heavy atom. The highest BCUT2D eigenvalue weighted by Crippen LogP contribution is 2.30. The van der Waals surface area contributed by atoms with Gasteiger partial charge in [0.05, 0.1) is 5.92 Å². The summed E-state index contributed by atoms with van der Waals surface area (Å²) >= 11 is 5.72. The Hall–Kier alpha value is -1.28. The smallest absolute Gasteiger partial charge is 0.229 e. The highest BCUT2D eigenvalue weighted by atomic mass is 35.5. The van der Waals surface area contributed by atoms with Crippen molar-refractivity contribution in [3.8, 4) is 0 Å². The molecule has 90 valence electrons. The molecular weight excluding hydrogens is 234 g/mol. The second kappa shape index (κ2) is 5.37. The number of halogens is 1. The van der Waals surface area contributed by atoms with E-state index in [1.165, 1.54) is 0 Å². The molecule has 0 bridgehead atoms. The molecule has 0 amide bonds. The third-order valence-corrected chi connectivity index (χ3v) is 3.38. The van der Waals surface area contributed by atoms with Crippen molar-refractivity contribution in [1.29, 1.82) is 0 Å². The van der Waals surface area contributed by atoms with Crippen LogP contribution in [0.5, 0.6) is 0 Å². The average molecular weight is 250 g/mol. The maximum absolute atomic E-state index is 11.5. The van der Waals surface area contributed by atoms with Crippen LogP contribution in [0, 0.1) is 0 Å².